The Morgan fingerprint density at radius 1 is 0.917 bits per heavy atom. The van der Waals surface area contributed by atoms with E-state index >= 15 is 0 Å². The zero-order valence-electron chi connectivity index (χ0n) is 27.2. The van der Waals surface area contributed by atoms with Gasteiger partial charge < -0.3 is 25.0 Å². The van der Waals surface area contributed by atoms with Gasteiger partial charge in [0.05, 0.1) is 18.2 Å². The second-order valence-corrected chi connectivity index (χ2v) is 11.6. The van der Waals surface area contributed by atoms with Gasteiger partial charge in [-0.2, -0.15) is 26.3 Å². The molecule has 1 aliphatic heterocycles. The summed E-state index contributed by atoms with van der Waals surface area (Å²) in [5.41, 5.74) is -5.99. The van der Waals surface area contributed by atoms with Gasteiger partial charge in [0.25, 0.3) is 11.5 Å². The van der Waals surface area contributed by atoms with E-state index in [0.29, 0.717) is 25.1 Å². The van der Waals surface area contributed by atoms with Gasteiger partial charge in [-0.1, -0.05) is 26.0 Å². The van der Waals surface area contributed by atoms with Crippen LogP contribution in [-0.4, -0.2) is 64.0 Å². The van der Waals surface area contributed by atoms with Crippen molar-refractivity contribution in [3.63, 3.8) is 0 Å². The van der Waals surface area contributed by atoms with Crippen LogP contribution in [0.1, 0.15) is 68.9 Å². The van der Waals surface area contributed by atoms with Gasteiger partial charge in [0.15, 0.2) is 0 Å². The van der Waals surface area contributed by atoms with Gasteiger partial charge in [0, 0.05) is 42.9 Å². The van der Waals surface area contributed by atoms with Crippen molar-refractivity contribution in [2.24, 2.45) is 0 Å². The molecule has 1 aliphatic rings. The number of hydrogen-bond acceptors (Lipinski definition) is 7. The van der Waals surface area contributed by atoms with Crippen molar-refractivity contribution in [3.8, 4) is 0 Å². The average molecular weight is 684 g/mol. The standard InChI is InChI=1S/C31H33F6N5O4.C2H6/c1-28(2,3)46-27(44)42-17-5-6-23(42)19-45-29(30(32,33)34,31(35,36)37)21-8-10-22(11-9-21)41-26(43)24-7-4-14-39-25(24)40-18-20-12-15-38-16-13-20;1-2/h4,7-16,23H,5-6,17-19H2,1-3H3,(H,39,40)(H,41,43);1-2H3. The number of nitrogens with one attached hydrogen (secondary N) is 2. The molecule has 48 heavy (non-hydrogen) atoms. The Bertz CT molecular complexity index is 1480. The van der Waals surface area contributed by atoms with Gasteiger partial charge in [-0.15, -0.1) is 0 Å². The largest absolute Gasteiger partial charge is 0.444 e. The van der Waals surface area contributed by atoms with E-state index < -0.39 is 53.8 Å². The van der Waals surface area contributed by atoms with Crippen LogP contribution in [0.2, 0.25) is 0 Å². The number of rotatable bonds is 9. The molecule has 262 valence electrons. The summed E-state index contributed by atoms with van der Waals surface area (Å²) in [5.74, 6) is -0.488. The number of halogens is 6. The maximum atomic E-state index is 14.4. The lowest BCUT2D eigenvalue weighted by atomic mass is 9.91. The number of carbonyl (C=O) groups excluding carboxylic acids is 2. The normalized spacial score (nSPS) is 15.3. The minimum absolute atomic E-state index is 0.0668. The molecule has 2 amide bonds. The first-order valence-electron chi connectivity index (χ1n) is 15.3. The highest BCUT2D eigenvalue weighted by molar-refractivity contribution is 6.07. The van der Waals surface area contributed by atoms with Crippen molar-refractivity contribution < 1.29 is 45.4 Å². The molecule has 1 aromatic carbocycles. The van der Waals surface area contributed by atoms with Gasteiger partial charge in [0.2, 0.25) is 0 Å². The number of carbonyl (C=O) groups is 2. The van der Waals surface area contributed by atoms with E-state index in [1.165, 1.54) is 18.3 Å². The third-order valence-corrected chi connectivity index (χ3v) is 7.11. The number of alkyl halides is 6. The molecule has 1 unspecified atom stereocenters. The Balaban J connectivity index is 0.00000307. The molecule has 1 atom stereocenters. The minimum Gasteiger partial charge on any atom is -0.444 e. The smallest absolute Gasteiger partial charge is 0.430 e. The average Bonchev–Trinajstić information content (AvgIpc) is 3.49. The fourth-order valence-corrected chi connectivity index (χ4v) is 4.93. The quantitative estimate of drug-likeness (QED) is 0.220. The van der Waals surface area contributed by atoms with E-state index in [4.69, 9.17) is 9.47 Å². The first kappa shape index (κ1) is 38.1. The molecule has 9 nitrogen and oxygen atoms in total. The molecule has 15 heteroatoms. The maximum absolute atomic E-state index is 14.4. The Morgan fingerprint density at radius 3 is 2.12 bits per heavy atom. The van der Waals surface area contributed by atoms with Gasteiger partial charge in [-0.3, -0.25) is 9.78 Å². The first-order chi connectivity index (χ1) is 22.5. The summed E-state index contributed by atoms with van der Waals surface area (Å²) < 4.78 is 96.7. The lowest BCUT2D eigenvalue weighted by molar-refractivity contribution is -0.390. The van der Waals surface area contributed by atoms with E-state index in [-0.39, 0.29) is 30.0 Å². The summed E-state index contributed by atoms with van der Waals surface area (Å²) in [5, 5.41) is 5.49. The third kappa shape index (κ3) is 9.14. The van der Waals surface area contributed by atoms with Crippen LogP contribution in [0.3, 0.4) is 0 Å². The summed E-state index contributed by atoms with van der Waals surface area (Å²) in [4.78, 5) is 34.8. The number of ether oxygens (including phenoxy) is 2. The third-order valence-electron chi connectivity index (χ3n) is 7.11. The van der Waals surface area contributed by atoms with E-state index in [9.17, 15) is 35.9 Å². The summed E-state index contributed by atoms with van der Waals surface area (Å²) >= 11 is 0. The van der Waals surface area contributed by atoms with Gasteiger partial charge in [-0.25, -0.2) is 9.78 Å². The molecule has 1 fully saturated rings. The van der Waals surface area contributed by atoms with E-state index in [0.717, 1.165) is 22.6 Å². The molecule has 2 N–H and O–H groups in total. The molecular weight excluding hydrogens is 644 g/mol. The molecule has 0 saturated carbocycles. The van der Waals surface area contributed by atoms with Crippen molar-refractivity contribution in [1.82, 2.24) is 14.9 Å². The Morgan fingerprint density at radius 2 is 1.54 bits per heavy atom. The van der Waals surface area contributed by atoms with Crippen molar-refractivity contribution in [2.75, 3.05) is 23.8 Å². The highest BCUT2D eigenvalue weighted by Crippen LogP contribution is 2.53. The zero-order valence-corrected chi connectivity index (χ0v) is 27.2. The Kier molecular flexibility index (Phi) is 12.4. The number of hydrogen-bond donors (Lipinski definition) is 2. The summed E-state index contributed by atoms with van der Waals surface area (Å²) in [7, 11) is 0. The van der Waals surface area contributed by atoms with Crippen LogP contribution in [0, 0.1) is 0 Å². The van der Waals surface area contributed by atoms with Crippen LogP contribution in [0.25, 0.3) is 0 Å². The first-order valence-corrected chi connectivity index (χ1v) is 15.3. The molecule has 0 aliphatic carbocycles. The summed E-state index contributed by atoms with van der Waals surface area (Å²) in [6, 6.07) is 8.45. The van der Waals surface area contributed by atoms with E-state index in [2.05, 4.69) is 20.6 Å². The minimum atomic E-state index is -5.93. The van der Waals surface area contributed by atoms with Crippen molar-refractivity contribution in [2.45, 2.75) is 83.6 Å². The van der Waals surface area contributed by atoms with Crippen LogP contribution in [0.15, 0.2) is 67.1 Å². The zero-order chi connectivity index (χ0) is 35.8. The Labute approximate surface area is 275 Å². The second-order valence-electron chi connectivity index (χ2n) is 11.6. The Hall–Kier alpha value is -4.40. The molecule has 0 spiro atoms. The SMILES string of the molecule is CC.CC(C)(C)OC(=O)N1CCCC1COC(c1ccc(NC(=O)c2cccnc2NCc2ccncc2)cc1)(C(F)(F)F)C(F)(F)F. The van der Waals surface area contributed by atoms with Crippen LogP contribution in [-0.2, 0) is 21.6 Å². The van der Waals surface area contributed by atoms with Gasteiger partial charge >= 0.3 is 18.4 Å². The fourth-order valence-electron chi connectivity index (χ4n) is 4.93. The highest BCUT2D eigenvalue weighted by atomic mass is 19.4. The van der Waals surface area contributed by atoms with Crippen molar-refractivity contribution in [3.05, 3.63) is 83.8 Å². The highest BCUT2D eigenvalue weighted by Gasteiger charge is 2.73. The lowest BCUT2D eigenvalue weighted by Gasteiger charge is -2.39. The number of pyridine rings is 2. The number of aromatic nitrogens is 2. The fraction of sp³-hybridized carbons (Fsp3) is 0.455. The van der Waals surface area contributed by atoms with Crippen LogP contribution >= 0.6 is 0 Å². The van der Waals surface area contributed by atoms with Crippen LogP contribution < -0.4 is 10.6 Å². The molecule has 2 aromatic heterocycles. The molecule has 3 heterocycles. The molecule has 0 bridgehead atoms. The number of anilines is 2. The van der Waals surface area contributed by atoms with Crippen molar-refractivity contribution in [1.29, 1.82) is 0 Å². The van der Waals surface area contributed by atoms with Crippen LogP contribution in [0.5, 0.6) is 0 Å². The topological polar surface area (TPSA) is 106 Å². The second kappa shape index (κ2) is 15.7. The number of benzene rings is 1. The monoisotopic (exact) mass is 683 g/mol. The van der Waals surface area contributed by atoms with Gasteiger partial charge in [-0.05, 0) is 75.6 Å². The van der Waals surface area contributed by atoms with Crippen molar-refractivity contribution >= 4 is 23.5 Å². The van der Waals surface area contributed by atoms with Crippen LogP contribution in [0.4, 0.5) is 42.6 Å². The molecule has 3 aromatic rings. The number of nitrogens with zero attached hydrogens (tertiary/aromatic N) is 3. The van der Waals surface area contributed by atoms with E-state index in [1.54, 1.807) is 45.3 Å². The van der Waals surface area contributed by atoms with Gasteiger partial charge in [0.1, 0.15) is 11.4 Å². The lowest BCUT2D eigenvalue weighted by Crippen LogP contribution is -2.57. The molecule has 0 radical (unpaired) electrons. The maximum Gasteiger partial charge on any atom is 0.430 e. The predicted molar refractivity (Wildman–Crippen MR) is 167 cm³/mol. The summed E-state index contributed by atoms with van der Waals surface area (Å²) in [6.45, 7) is 8.13. The number of amides is 2. The molecular formula is C33H39F6N5O4. The van der Waals surface area contributed by atoms with E-state index in [1.807, 2.05) is 13.8 Å². The molecule has 4 rings (SSSR count). The summed E-state index contributed by atoms with van der Waals surface area (Å²) in [6.07, 6.45) is -7.60. The molecule has 1 saturated heterocycles. The predicted octanol–water partition coefficient (Wildman–Crippen LogP) is 8.10. The number of likely N-dealkylation sites (tertiary alicyclic amines) is 1.